The van der Waals surface area contributed by atoms with Crippen LogP contribution in [0, 0.1) is 5.92 Å². The Bertz CT molecular complexity index is 372. The van der Waals surface area contributed by atoms with Gasteiger partial charge in [-0.25, -0.2) is 0 Å². The van der Waals surface area contributed by atoms with Crippen LogP contribution in [0.2, 0.25) is 0 Å². The molecule has 4 atom stereocenters. The lowest BCUT2D eigenvalue weighted by Gasteiger charge is -2.37. The van der Waals surface area contributed by atoms with E-state index in [4.69, 9.17) is 4.74 Å². The summed E-state index contributed by atoms with van der Waals surface area (Å²) in [5.41, 5.74) is 0. The second kappa shape index (κ2) is 6.57. The maximum absolute atomic E-state index is 12.8. The van der Waals surface area contributed by atoms with Gasteiger partial charge in [0.05, 0.1) is 6.10 Å². The summed E-state index contributed by atoms with van der Waals surface area (Å²) in [4.78, 5) is 26.5. The fourth-order valence-electron chi connectivity index (χ4n) is 3.06. The molecule has 114 valence electrons. The lowest BCUT2D eigenvalue weighted by molar-refractivity contribution is -0.139. The van der Waals surface area contributed by atoms with Crippen molar-refractivity contribution in [1.29, 1.82) is 0 Å². The molecule has 4 unspecified atom stereocenters. The fourth-order valence-corrected chi connectivity index (χ4v) is 3.06. The zero-order chi connectivity index (χ0) is 14.7. The van der Waals surface area contributed by atoms with E-state index in [2.05, 4.69) is 12.2 Å². The van der Waals surface area contributed by atoms with Crippen LogP contribution in [0.1, 0.15) is 46.5 Å². The Morgan fingerprint density at radius 3 is 2.85 bits per heavy atom. The van der Waals surface area contributed by atoms with Crippen molar-refractivity contribution in [2.75, 3.05) is 13.2 Å². The number of carbonyl (C=O) groups is 2. The molecule has 0 aromatic heterocycles. The molecular formula is C15H26N2O3. The SMILES string of the molecule is CCC(C)C1NC(=O)CCN(C2CCOC(C)C2)C1=O. The van der Waals surface area contributed by atoms with Gasteiger partial charge < -0.3 is 15.0 Å². The smallest absolute Gasteiger partial charge is 0.245 e. The van der Waals surface area contributed by atoms with Gasteiger partial charge in [-0.15, -0.1) is 0 Å². The Labute approximate surface area is 121 Å². The highest BCUT2D eigenvalue weighted by Crippen LogP contribution is 2.23. The molecule has 2 heterocycles. The van der Waals surface area contributed by atoms with Gasteiger partial charge in [0.25, 0.3) is 0 Å². The van der Waals surface area contributed by atoms with Gasteiger partial charge >= 0.3 is 0 Å². The number of rotatable bonds is 3. The standard InChI is InChI=1S/C15H26N2O3/c1-4-10(2)14-15(19)17(7-5-13(18)16-14)12-6-8-20-11(3)9-12/h10-12,14H,4-9H2,1-3H3,(H,16,18). The molecule has 2 aliphatic rings. The topological polar surface area (TPSA) is 58.6 Å². The molecule has 5 nitrogen and oxygen atoms in total. The van der Waals surface area contributed by atoms with Crippen LogP contribution in [0.25, 0.3) is 0 Å². The highest BCUT2D eigenvalue weighted by molar-refractivity contribution is 5.90. The van der Waals surface area contributed by atoms with Crippen LogP contribution < -0.4 is 5.32 Å². The molecule has 2 saturated heterocycles. The number of hydrogen-bond donors (Lipinski definition) is 1. The summed E-state index contributed by atoms with van der Waals surface area (Å²) in [7, 11) is 0. The molecule has 5 heteroatoms. The monoisotopic (exact) mass is 282 g/mol. The summed E-state index contributed by atoms with van der Waals surface area (Å²) < 4.78 is 5.56. The van der Waals surface area contributed by atoms with Crippen LogP contribution in [-0.2, 0) is 14.3 Å². The minimum absolute atomic E-state index is 0.00809. The zero-order valence-corrected chi connectivity index (χ0v) is 12.7. The van der Waals surface area contributed by atoms with E-state index in [1.807, 2.05) is 18.7 Å². The summed E-state index contributed by atoms with van der Waals surface area (Å²) in [6.45, 7) is 7.36. The first-order chi connectivity index (χ1) is 9.52. The average molecular weight is 282 g/mol. The summed E-state index contributed by atoms with van der Waals surface area (Å²) in [5, 5.41) is 2.90. The molecule has 0 bridgehead atoms. The van der Waals surface area contributed by atoms with Crippen molar-refractivity contribution in [3.05, 3.63) is 0 Å². The molecule has 0 aromatic rings. The van der Waals surface area contributed by atoms with Crippen LogP contribution in [-0.4, -0.2) is 48.1 Å². The Morgan fingerprint density at radius 2 is 2.20 bits per heavy atom. The summed E-state index contributed by atoms with van der Waals surface area (Å²) in [6, 6.07) is -0.154. The van der Waals surface area contributed by atoms with Crippen LogP contribution in [0.4, 0.5) is 0 Å². The molecular weight excluding hydrogens is 256 g/mol. The highest BCUT2D eigenvalue weighted by Gasteiger charge is 2.37. The largest absolute Gasteiger partial charge is 0.378 e. The molecule has 2 rings (SSSR count). The van der Waals surface area contributed by atoms with Gasteiger partial charge in [-0.1, -0.05) is 20.3 Å². The van der Waals surface area contributed by atoms with Gasteiger partial charge in [0, 0.05) is 25.6 Å². The summed E-state index contributed by atoms with van der Waals surface area (Å²) in [5.74, 6) is 0.250. The quantitative estimate of drug-likeness (QED) is 0.849. The van der Waals surface area contributed by atoms with Crippen LogP contribution in [0.3, 0.4) is 0 Å². The minimum Gasteiger partial charge on any atom is -0.378 e. The molecule has 0 spiro atoms. The minimum atomic E-state index is -0.367. The van der Waals surface area contributed by atoms with E-state index in [9.17, 15) is 9.59 Å². The van der Waals surface area contributed by atoms with E-state index in [0.717, 1.165) is 19.3 Å². The van der Waals surface area contributed by atoms with E-state index < -0.39 is 0 Å². The highest BCUT2D eigenvalue weighted by atomic mass is 16.5. The predicted molar refractivity (Wildman–Crippen MR) is 76.2 cm³/mol. The normalized spacial score (nSPS) is 33.5. The maximum Gasteiger partial charge on any atom is 0.245 e. The predicted octanol–water partition coefficient (Wildman–Crippen LogP) is 1.32. The number of hydrogen-bond acceptors (Lipinski definition) is 3. The van der Waals surface area contributed by atoms with E-state index in [1.165, 1.54) is 0 Å². The zero-order valence-electron chi connectivity index (χ0n) is 12.7. The second-order valence-corrected chi connectivity index (χ2v) is 6.07. The van der Waals surface area contributed by atoms with Crippen LogP contribution in [0.15, 0.2) is 0 Å². The van der Waals surface area contributed by atoms with Crippen LogP contribution >= 0.6 is 0 Å². The molecule has 2 aliphatic heterocycles. The van der Waals surface area contributed by atoms with E-state index in [-0.39, 0.29) is 35.9 Å². The van der Waals surface area contributed by atoms with Crippen molar-refractivity contribution in [1.82, 2.24) is 10.2 Å². The Morgan fingerprint density at radius 1 is 1.45 bits per heavy atom. The van der Waals surface area contributed by atoms with Crippen molar-refractivity contribution in [3.63, 3.8) is 0 Å². The average Bonchev–Trinajstić information content (AvgIpc) is 2.58. The first-order valence-electron chi connectivity index (χ1n) is 7.74. The van der Waals surface area contributed by atoms with E-state index in [1.54, 1.807) is 0 Å². The molecule has 2 fully saturated rings. The number of nitrogens with zero attached hydrogens (tertiary/aromatic N) is 1. The third kappa shape index (κ3) is 3.32. The van der Waals surface area contributed by atoms with Gasteiger partial charge in [0.1, 0.15) is 6.04 Å². The van der Waals surface area contributed by atoms with Gasteiger partial charge in [-0.3, -0.25) is 9.59 Å². The lowest BCUT2D eigenvalue weighted by atomic mass is 9.96. The lowest BCUT2D eigenvalue weighted by Crippen LogP contribution is -2.52. The third-order valence-electron chi connectivity index (χ3n) is 4.56. The molecule has 2 amide bonds. The first kappa shape index (κ1) is 15.3. The molecule has 0 radical (unpaired) electrons. The first-order valence-corrected chi connectivity index (χ1v) is 7.74. The van der Waals surface area contributed by atoms with Gasteiger partial charge in [-0.2, -0.15) is 0 Å². The third-order valence-corrected chi connectivity index (χ3v) is 4.56. The van der Waals surface area contributed by atoms with Gasteiger partial charge in [-0.05, 0) is 25.7 Å². The van der Waals surface area contributed by atoms with E-state index in [0.29, 0.717) is 19.6 Å². The van der Waals surface area contributed by atoms with Crippen molar-refractivity contribution >= 4 is 11.8 Å². The summed E-state index contributed by atoms with van der Waals surface area (Å²) in [6.07, 6.45) is 3.22. The number of amides is 2. The molecule has 0 saturated carbocycles. The Hall–Kier alpha value is -1.10. The molecule has 20 heavy (non-hydrogen) atoms. The molecule has 0 aromatic carbocycles. The van der Waals surface area contributed by atoms with Gasteiger partial charge in [0.15, 0.2) is 0 Å². The van der Waals surface area contributed by atoms with E-state index >= 15 is 0 Å². The number of nitrogens with one attached hydrogen (secondary N) is 1. The summed E-state index contributed by atoms with van der Waals surface area (Å²) >= 11 is 0. The Balaban J connectivity index is 2.14. The van der Waals surface area contributed by atoms with Crippen molar-refractivity contribution in [3.8, 4) is 0 Å². The fraction of sp³-hybridized carbons (Fsp3) is 0.867. The second-order valence-electron chi connectivity index (χ2n) is 6.07. The molecule has 0 aliphatic carbocycles. The van der Waals surface area contributed by atoms with Gasteiger partial charge in [0.2, 0.25) is 11.8 Å². The van der Waals surface area contributed by atoms with Crippen molar-refractivity contribution < 1.29 is 14.3 Å². The number of carbonyl (C=O) groups excluding carboxylic acids is 2. The van der Waals surface area contributed by atoms with Crippen LogP contribution in [0.5, 0.6) is 0 Å². The molecule has 1 N–H and O–H groups in total. The number of ether oxygens (including phenoxy) is 1. The van der Waals surface area contributed by atoms with Crippen molar-refractivity contribution in [2.45, 2.75) is 64.6 Å². The Kier molecular flexibility index (Phi) is 5.02. The maximum atomic E-state index is 12.8. The van der Waals surface area contributed by atoms with Crippen molar-refractivity contribution in [2.24, 2.45) is 5.92 Å².